The summed E-state index contributed by atoms with van der Waals surface area (Å²) >= 11 is 0. The first-order valence-electron chi connectivity index (χ1n) is 7.09. The Bertz CT molecular complexity index is 403. The molecule has 1 aliphatic carbocycles. The highest BCUT2D eigenvalue weighted by atomic mass is 16.5. The van der Waals surface area contributed by atoms with Crippen LogP contribution in [-0.2, 0) is 4.74 Å². The molecule has 2 rings (SSSR count). The lowest BCUT2D eigenvalue weighted by atomic mass is 10.0. The largest absolute Gasteiger partial charge is 0.493 e. The molecule has 1 saturated carbocycles. The van der Waals surface area contributed by atoms with Gasteiger partial charge in [-0.05, 0) is 18.8 Å². The molecule has 1 aromatic rings. The van der Waals surface area contributed by atoms with E-state index in [1.165, 1.54) is 18.4 Å². The number of anilines is 1. The third-order valence-electron chi connectivity index (χ3n) is 3.20. The van der Waals surface area contributed by atoms with E-state index in [4.69, 9.17) is 9.47 Å². The second kappa shape index (κ2) is 6.75. The predicted octanol–water partition coefficient (Wildman–Crippen LogP) is 3.19. The molecule has 19 heavy (non-hydrogen) atoms. The Morgan fingerprint density at radius 3 is 2.79 bits per heavy atom. The monoisotopic (exact) mass is 264 g/mol. The molecular formula is C15H24N2O2. The minimum Gasteiger partial charge on any atom is -0.493 e. The summed E-state index contributed by atoms with van der Waals surface area (Å²) in [5, 5.41) is 3.41. The molecule has 106 valence electrons. The van der Waals surface area contributed by atoms with Crippen molar-refractivity contribution in [2.75, 3.05) is 25.6 Å². The Hall–Kier alpha value is -1.29. The average Bonchev–Trinajstić information content (AvgIpc) is 3.18. The van der Waals surface area contributed by atoms with E-state index in [1.54, 1.807) is 7.11 Å². The minimum absolute atomic E-state index is 0.417. The van der Waals surface area contributed by atoms with E-state index in [1.807, 2.05) is 12.3 Å². The van der Waals surface area contributed by atoms with Crippen LogP contribution >= 0.6 is 0 Å². The van der Waals surface area contributed by atoms with Gasteiger partial charge in [0.2, 0.25) is 0 Å². The normalized spacial score (nSPS) is 14.7. The molecule has 0 aromatic carbocycles. The van der Waals surface area contributed by atoms with Gasteiger partial charge in [-0.2, -0.15) is 0 Å². The van der Waals surface area contributed by atoms with Crippen molar-refractivity contribution in [1.82, 2.24) is 4.98 Å². The molecule has 0 amide bonds. The van der Waals surface area contributed by atoms with Crippen molar-refractivity contribution in [3.63, 3.8) is 0 Å². The van der Waals surface area contributed by atoms with E-state index in [-0.39, 0.29) is 0 Å². The van der Waals surface area contributed by atoms with Crippen molar-refractivity contribution in [2.45, 2.75) is 45.1 Å². The number of rotatable bonds is 8. The molecule has 0 radical (unpaired) electrons. The second-order valence-corrected chi connectivity index (χ2v) is 5.38. The minimum atomic E-state index is 0.417. The zero-order valence-electron chi connectivity index (χ0n) is 12.1. The van der Waals surface area contributed by atoms with Crippen LogP contribution in [0.4, 0.5) is 5.82 Å². The number of methoxy groups -OCH3 is 1. The maximum absolute atomic E-state index is 5.88. The number of hydrogen-bond acceptors (Lipinski definition) is 4. The second-order valence-electron chi connectivity index (χ2n) is 5.38. The number of aromatic nitrogens is 1. The van der Waals surface area contributed by atoms with Gasteiger partial charge in [0.15, 0.2) is 0 Å². The summed E-state index contributed by atoms with van der Waals surface area (Å²) in [5.41, 5.74) is 1.17. The quantitative estimate of drug-likeness (QED) is 0.732. The maximum Gasteiger partial charge on any atom is 0.129 e. The SMILES string of the molecule is COCCCOc1cc(NC2CC2)ncc1C(C)C. The van der Waals surface area contributed by atoms with Crippen molar-refractivity contribution in [3.8, 4) is 5.75 Å². The van der Waals surface area contributed by atoms with Crippen LogP contribution in [0.15, 0.2) is 12.3 Å². The smallest absolute Gasteiger partial charge is 0.129 e. The van der Waals surface area contributed by atoms with E-state index >= 15 is 0 Å². The molecule has 4 heteroatoms. The highest BCUT2D eigenvalue weighted by Gasteiger charge is 2.22. The van der Waals surface area contributed by atoms with Crippen LogP contribution in [0.1, 0.15) is 44.6 Å². The number of nitrogens with zero attached hydrogens (tertiary/aromatic N) is 1. The van der Waals surface area contributed by atoms with Crippen LogP contribution in [-0.4, -0.2) is 31.3 Å². The van der Waals surface area contributed by atoms with E-state index < -0.39 is 0 Å². The lowest BCUT2D eigenvalue weighted by molar-refractivity contribution is 0.171. The molecule has 0 unspecified atom stereocenters. The zero-order valence-corrected chi connectivity index (χ0v) is 12.1. The molecule has 0 bridgehead atoms. The van der Waals surface area contributed by atoms with E-state index in [9.17, 15) is 0 Å². The van der Waals surface area contributed by atoms with E-state index in [2.05, 4.69) is 24.1 Å². The topological polar surface area (TPSA) is 43.4 Å². The standard InChI is InChI=1S/C15H24N2O2/c1-11(2)13-10-16-15(17-12-5-6-12)9-14(13)19-8-4-7-18-3/h9-12H,4-8H2,1-3H3,(H,16,17). The maximum atomic E-state index is 5.88. The zero-order chi connectivity index (χ0) is 13.7. The summed E-state index contributed by atoms with van der Waals surface area (Å²) in [6, 6.07) is 2.64. The Kier molecular flexibility index (Phi) is 5.02. The fraction of sp³-hybridized carbons (Fsp3) is 0.667. The van der Waals surface area contributed by atoms with Crippen LogP contribution in [0.2, 0.25) is 0 Å². The average molecular weight is 264 g/mol. The molecule has 0 atom stereocenters. The summed E-state index contributed by atoms with van der Waals surface area (Å²) in [4.78, 5) is 4.47. The third kappa shape index (κ3) is 4.39. The first kappa shape index (κ1) is 14.1. The van der Waals surface area contributed by atoms with Gasteiger partial charge in [0.05, 0.1) is 6.61 Å². The van der Waals surface area contributed by atoms with Gasteiger partial charge < -0.3 is 14.8 Å². The molecule has 1 heterocycles. The van der Waals surface area contributed by atoms with Crippen molar-refractivity contribution >= 4 is 5.82 Å². The summed E-state index contributed by atoms with van der Waals surface area (Å²) in [5.74, 6) is 2.29. The summed E-state index contributed by atoms with van der Waals surface area (Å²) in [7, 11) is 1.71. The first-order chi connectivity index (χ1) is 9.20. The Morgan fingerprint density at radius 2 is 2.16 bits per heavy atom. The van der Waals surface area contributed by atoms with Crippen molar-refractivity contribution in [3.05, 3.63) is 17.8 Å². The summed E-state index contributed by atoms with van der Waals surface area (Å²) in [6.07, 6.45) is 5.33. The first-order valence-corrected chi connectivity index (χ1v) is 7.09. The van der Waals surface area contributed by atoms with Crippen LogP contribution < -0.4 is 10.1 Å². The Morgan fingerprint density at radius 1 is 1.37 bits per heavy atom. The van der Waals surface area contributed by atoms with Crippen LogP contribution in [0.3, 0.4) is 0 Å². The van der Waals surface area contributed by atoms with Crippen LogP contribution in [0.5, 0.6) is 5.75 Å². The summed E-state index contributed by atoms with van der Waals surface area (Å²) in [6.45, 7) is 5.73. The van der Waals surface area contributed by atoms with E-state index in [0.717, 1.165) is 24.6 Å². The molecule has 1 aromatic heterocycles. The Labute approximate surface area is 115 Å². The van der Waals surface area contributed by atoms with Gasteiger partial charge in [-0.15, -0.1) is 0 Å². The number of hydrogen-bond donors (Lipinski definition) is 1. The predicted molar refractivity (Wildman–Crippen MR) is 77.0 cm³/mol. The highest BCUT2D eigenvalue weighted by molar-refractivity contribution is 5.47. The summed E-state index contributed by atoms with van der Waals surface area (Å²) < 4.78 is 10.9. The highest BCUT2D eigenvalue weighted by Crippen LogP contribution is 2.30. The number of nitrogens with one attached hydrogen (secondary N) is 1. The molecule has 4 nitrogen and oxygen atoms in total. The van der Waals surface area contributed by atoms with Gasteiger partial charge in [-0.25, -0.2) is 4.98 Å². The third-order valence-corrected chi connectivity index (χ3v) is 3.20. The van der Waals surface area contributed by atoms with Gasteiger partial charge in [0.1, 0.15) is 11.6 Å². The van der Waals surface area contributed by atoms with Crippen LogP contribution in [0.25, 0.3) is 0 Å². The van der Waals surface area contributed by atoms with Crippen molar-refractivity contribution in [2.24, 2.45) is 0 Å². The molecule has 1 aliphatic rings. The van der Waals surface area contributed by atoms with Crippen molar-refractivity contribution in [1.29, 1.82) is 0 Å². The molecule has 1 N–H and O–H groups in total. The van der Waals surface area contributed by atoms with Gasteiger partial charge in [-0.1, -0.05) is 13.8 Å². The number of ether oxygens (including phenoxy) is 2. The fourth-order valence-corrected chi connectivity index (χ4v) is 1.91. The molecule has 0 aliphatic heterocycles. The molecular weight excluding hydrogens is 240 g/mol. The molecule has 1 fully saturated rings. The van der Waals surface area contributed by atoms with Gasteiger partial charge in [-0.3, -0.25) is 0 Å². The van der Waals surface area contributed by atoms with Crippen LogP contribution in [0, 0.1) is 0 Å². The molecule has 0 saturated heterocycles. The number of pyridine rings is 1. The lowest BCUT2D eigenvalue weighted by Crippen LogP contribution is -2.07. The fourth-order valence-electron chi connectivity index (χ4n) is 1.91. The van der Waals surface area contributed by atoms with Gasteiger partial charge in [0, 0.05) is 44.0 Å². The van der Waals surface area contributed by atoms with E-state index in [0.29, 0.717) is 18.6 Å². The van der Waals surface area contributed by atoms with Crippen molar-refractivity contribution < 1.29 is 9.47 Å². The molecule has 0 spiro atoms. The lowest BCUT2D eigenvalue weighted by Gasteiger charge is -2.15. The van der Waals surface area contributed by atoms with Gasteiger partial charge in [0.25, 0.3) is 0 Å². The Balaban J connectivity index is 2.01. The van der Waals surface area contributed by atoms with Gasteiger partial charge >= 0.3 is 0 Å².